The molecule has 0 aliphatic carbocycles. The van der Waals surface area contributed by atoms with Gasteiger partial charge in [0.25, 0.3) is 0 Å². The molecule has 2 rings (SSSR count). The maximum atomic E-state index is 5.88. The lowest BCUT2D eigenvalue weighted by Crippen LogP contribution is -2.28. The van der Waals surface area contributed by atoms with Gasteiger partial charge in [0.15, 0.2) is 0 Å². The fourth-order valence-electron chi connectivity index (χ4n) is 2.54. The van der Waals surface area contributed by atoms with E-state index in [-0.39, 0.29) is 12.1 Å². The van der Waals surface area contributed by atoms with E-state index in [4.69, 9.17) is 14.2 Å². The van der Waals surface area contributed by atoms with E-state index in [1.807, 2.05) is 12.1 Å². The van der Waals surface area contributed by atoms with Crippen LogP contribution in [0.25, 0.3) is 0 Å². The molecule has 4 nitrogen and oxygen atoms in total. The van der Waals surface area contributed by atoms with Crippen LogP contribution >= 0.6 is 0 Å². The highest BCUT2D eigenvalue weighted by atomic mass is 16.5. The zero-order valence-electron chi connectivity index (χ0n) is 13.1. The molecule has 4 heteroatoms. The van der Waals surface area contributed by atoms with Crippen molar-refractivity contribution in [2.24, 2.45) is 0 Å². The number of hydrogen-bond acceptors (Lipinski definition) is 4. The van der Waals surface area contributed by atoms with E-state index in [1.165, 1.54) is 5.56 Å². The minimum absolute atomic E-state index is 0.196. The predicted octanol–water partition coefficient (Wildman–Crippen LogP) is 2.93. The largest absolute Gasteiger partial charge is 0.497 e. The van der Waals surface area contributed by atoms with Gasteiger partial charge in [-0.3, -0.25) is 0 Å². The van der Waals surface area contributed by atoms with Crippen LogP contribution in [-0.4, -0.2) is 39.6 Å². The first-order valence-electron chi connectivity index (χ1n) is 7.90. The van der Waals surface area contributed by atoms with Crippen LogP contribution in [0.15, 0.2) is 24.3 Å². The molecule has 1 aliphatic rings. The third kappa shape index (κ3) is 5.30. The molecular formula is C17H27NO3. The van der Waals surface area contributed by atoms with Crippen molar-refractivity contribution in [3.8, 4) is 5.75 Å². The lowest BCUT2D eigenvalue weighted by atomic mass is 10.1. The van der Waals surface area contributed by atoms with Crippen LogP contribution in [0.5, 0.6) is 5.75 Å². The number of hydrogen-bond donors (Lipinski definition) is 1. The summed E-state index contributed by atoms with van der Waals surface area (Å²) in [6.07, 6.45) is 3.65. The van der Waals surface area contributed by atoms with Gasteiger partial charge in [0, 0.05) is 6.61 Å². The average molecular weight is 293 g/mol. The second kappa shape index (κ2) is 9.03. The monoisotopic (exact) mass is 293 g/mol. The molecule has 2 atom stereocenters. The molecule has 0 spiro atoms. The molecule has 1 aromatic rings. The Labute approximate surface area is 127 Å². The third-order valence-corrected chi connectivity index (χ3v) is 3.75. The van der Waals surface area contributed by atoms with Crippen LogP contribution in [0.1, 0.15) is 37.8 Å². The Morgan fingerprint density at radius 3 is 3.05 bits per heavy atom. The molecule has 1 heterocycles. The smallest absolute Gasteiger partial charge is 0.119 e. The van der Waals surface area contributed by atoms with Crippen LogP contribution in [0.4, 0.5) is 0 Å². The van der Waals surface area contributed by atoms with E-state index in [2.05, 4.69) is 24.4 Å². The van der Waals surface area contributed by atoms with Crippen molar-refractivity contribution in [3.63, 3.8) is 0 Å². The first-order valence-corrected chi connectivity index (χ1v) is 7.90. The first-order chi connectivity index (χ1) is 10.3. The molecule has 0 amide bonds. The first kappa shape index (κ1) is 16.3. The third-order valence-electron chi connectivity index (χ3n) is 3.75. The minimum atomic E-state index is 0.196. The van der Waals surface area contributed by atoms with Crippen LogP contribution in [0.2, 0.25) is 0 Å². The Morgan fingerprint density at radius 1 is 1.43 bits per heavy atom. The van der Waals surface area contributed by atoms with E-state index in [9.17, 15) is 0 Å². The van der Waals surface area contributed by atoms with E-state index < -0.39 is 0 Å². The molecule has 1 aromatic carbocycles. The van der Waals surface area contributed by atoms with Crippen LogP contribution in [0, 0.1) is 0 Å². The molecule has 1 fully saturated rings. The summed E-state index contributed by atoms with van der Waals surface area (Å²) in [5, 5.41) is 3.54. The predicted molar refractivity (Wildman–Crippen MR) is 83.8 cm³/mol. The summed E-state index contributed by atoms with van der Waals surface area (Å²) >= 11 is 0. The van der Waals surface area contributed by atoms with E-state index in [1.54, 1.807) is 7.11 Å². The molecule has 0 bridgehead atoms. The molecule has 1 aliphatic heterocycles. The molecule has 0 radical (unpaired) electrons. The number of methoxy groups -OCH3 is 1. The highest BCUT2D eigenvalue weighted by Crippen LogP contribution is 2.20. The van der Waals surface area contributed by atoms with Gasteiger partial charge < -0.3 is 19.5 Å². The summed E-state index contributed by atoms with van der Waals surface area (Å²) in [5.41, 5.74) is 1.20. The zero-order chi connectivity index (χ0) is 14.9. The van der Waals surface area contributed by atoms with Crippen LogP contribution < -0.4 is 10.1 Å². The SMILES string of the molecule is CCCNC(COCC1CCCO1)c1cccc(OC)c1. The van der Waals surface area contributed by atoms with Gasteiger partial charge in [-0.1, -0.05) is 19.1 Å². The van der Waals surface area contributed by atoms with Crippen molar-refractivity contribution in [1.29, 1.82) is 0 Å². The molecule has 21 heavy (non-hydrogen) atoms. The Morgan fingerprint density at radius 2 is 2.33 bits per heavy atom. The van der Waals surface area contributed by atoms with Crippen molar-refractivity contribution >= 4 is 0 Å². The van der Waals surface area contributed by atoms with Gasteiger partial charge in [0.2, 0.25) is 0 Å². The van der Waals surface area contributed by atoms with Crippen molar-refractivity contribution in [2.45, 2.75) is 38.3 Å². The highest BCUT2D eigenvalue weighted by molar-refractivity contribution is 5.30. The molecule has 0 aromatic heterocycles. The summed E-state index contributed by atoms with van der Waals surface area (Å²) in [6.45, 7) is 5.37. The minimum Gasteiger partial charge on any atom is -0.497 e. The molecule has 1 N–H and O–H groups in total. The van der Waals surface area contributed by atoms with Gasteiger partial charge in [0.1, 0.15) is 5.75 Å². The molecule has 118 valence electrons. The molecular weight excluding hydrogens is 266 g/mol. The Bertz CT molecular complexity index is 405. The Balaban J connectivity index is 1.89. The summed E-state index contributed by atoms with van der Waals surface area (Å²) in [5.74, 6) is 0.884. The second-order valence-electron chi connectivity index (χ2n) is 5.46. The van der Waals surface area contributed by atoms with Gasteiger partial charge in [0.05, 0.1) is 32.5 Å². The van der Waals surface area contributed by atoms with Crippen molar-refractivity contribution < 1.29 is 14.2 Å². The fourth-order valence-corrected chi connectivity index (χ4v) is 2.54. The highest BCUT2D eigenvalue weighted by Gasteiger charge is 2.17. The summed E-state index contributed by atoms with van der Waals surface area (Å²) in [6, 6.07) is 8.37. The van der Waals surface area contributed by atoms with Crippen LogP contribution in [-0.2, 0) is 9.47 Å². The number of rotatable bonds is 9. The Hall–Kier alpha value is -1.10. The lowest BCUT2D eigenvalue weighted by Gasteiger charge is -2.20. The number of benzene rings is 1. The summed E-state index contributed by atoms with van der Waals surface area (Å²) < 4.78 is 16.8. The normalized spacial score (nSPS) is 19.6. The Kier molecular flexibility index (Phi) is 7.00. The average Bonchev–Trinajstić information content (AvgIpc) is 3.04. The van der Waals surface area contributed by atoms with Crippen LogP contribution in [0.3, 0.4) is 0 Å². The van der Waals surface area contributed by atoms with E-state index in [0.717, 1.165) is 38.2 Å². The number of ether oxygens (including phenoxy) is 3. The molecule has 0 saturated carbocycles. The quantitative estimate of drug-likeness (QED) is 0.760. The maximum absolute atomic E-state index is 5.88. The zero-order valence-corrected chi connectivity index (χ0v) is 13.1. The van der Waals surface area contributed by atoms with Gasteiger partial charge in [-0.2, -0.15) is 0 Å². The number of nitrogens with one attached hydrogen (secondary N) is 1. The molecule has 2 unspecified atom stereocenters. The van der Waals surface area contributed by atoms with Crippen molar-refractivity contribution in [2.75, 3.05) is 33.5 Å². The van der Waals surface area contributed by atoms with Gasteiger partial charge in [-0.25, -0.2) is 0 Å². The van der Waals surface area contributed by atoms with Crippen molar-refractivity contribution in [1.82, 2.24) is 5.32 Å². The second-order valence-corrected chi connectivity index (χ2v) is 5.46. The van der Waals surface area contributed by atoms with Gasteiger partial charge >= 0.3 is 0 Å². The topological polar surface area (TPSA) is 39.7 Å². The van der Waals surface area contributed by atoms with Gasteiger partial charge in [-0.15, -0.1) is 0 Å². The van der Waals surface area contributed by atoms with E-state index in [0.29, 0.717) is 13.2 Å². The summed E-state index contributed by atoms with van der Waals surface area (Å²) in [4.78, 5) is 0. The van der Waals surface area contributed by atoms with E-state index >= 15 is 0 Å². The summed E-state index contributed by atoms with van der Waals surface area (Å²) in [7, 11) is 1.70. The lowest BCUT2D eigenvalue weighted by molar-refractivity contribution is 0.00996. The van der Waals surface area contributed by atoms with Crippen molar-refractivity contribution in [3.05, 3.63) is 29.8 Å². The fraction of sp³-hybridized carbons (Fsp3) is 0.647. The van der Waals surface area contributed by atoms with Gasteiger partial charge in [-0.05, 0) is 43.5 Å². The maximum Gasteiger partial charge on any atom is 0.119 e. The standard InChI is InChI=1S/C17H27NO3/c1-3-9-18-17(13-20-12-16-8-5-10-21-16)14-6-4-7-15(11-14)19-2/h4,6-7,11,16-18H,3,5,8-10,12-13H2,1-2H3. The molecule has 1 saturated heterocycles.